The number of pyridine rings is 1. The molecule has 184 valence electrons. The number of carbonyl (C=O) groups excluding carboxylic acids is 1. The van der Waals surface area contributed by atoms with Gasteiger partial charge in [0.05, 0.1) is 31.5 Å². The molecular weight excluding hydrogens is 492 g/mol. The van der Waals surface area contributed by atoms with Crippen LogP contribution in [0.5, 0.6) is 17.6 Å². The van der Waals surface area contributed by atoms with Crippen molar-refractivity contribution in [1.82, 2.24) is 19.6 Å². The first-order valence-corrected chi connectivity index (χ1v) is 11.5. The van der Waals surface area contributed by atoms with E-state index in [4.69, 9.17) is 18.6 Å². The molecule has 3 aromatic rings. The van der Waals surface area contributed by atoms with E-state index in [9.17, 15) is 13.2 Å². The van der Waals surface area contributed by atoms with E-state index in [1.807, 2.05) is 9.44 Å². The van der Waals surface area contributed by atoms with Crippen LogP contribution < -0.4 is 18.9 Å². The fourth-order valence-corrected chi connectivity index (χ4v) is 4.31. The van der Waals surface area contributed by atoms with E-state index in [-0.39, 0.29) is 48.5 Å². The van der Waals surface area contributed by atoms with Crippen LogP contribution in [0.15, 0.2) is 41.3 Å². The first kappa shape index (κ1) is 22.9. The molecule has 1 fully saturated rings. The number of rotatable bonds is 7. The Labute approximate surface area is 197 Å². The Hall–Kier alpha value is -3.82. The van der Waals surface area contributed by atoms with Crippen LogP contribution in [0, 0.1) is 11.6 Å². The van der Waals surface area contributed by atoms with Gasteiger partial charge in [0.25, 0.3) is 10.2 Å². The van der Waals surface area contributed by atoms with Crippen molar-refractivity contribution < 1.29 is 40.6 Å². The molecule has 0 unspecified atom stereocenters. The summed E-state index contributed by atoms with van der Waals surface area (Å²) in [6, 6.07) is 3.67. The summed E-state index contributed by atoms with van der Waals surface area (Å²) in [5.41, 5.74) is -1.32. The lowest BCUT2D eigenvalue weighted by Gasteiger charge is -2.51. The Balaban J connectivity index is 1.49. The number of fused-ring (bicyclic) bond motifs is 2. The van der Waals surface area contributed by atoms with Gasteiger partial charge in [-0.3, -0.25) is 9.62 Å². The molecule has 0 atom stereocenters. The molecule has 35 heavy (non-hydrogen) atoms. The highest BCUT2D eigenvalue weighted by molar-refractivity contribution is 7.90. The minimum atomic E-state index is -4.04. The van der Waals surface area contributed by atoms with Gasteiger partial charge in [0.15, 0.2) is 11.6 Å². The summed E-state index contributed by atoms with van der Waals surface area (Å²) in [5, 5.41) is 0. The number of benzene rings is 1. The molecule has 15 heteroatoms. The summed E-state index contributed by atoms with van der Waals surface area (Å²) < 4.78 is 78.8. The van der Waals surface area contributed by atoms with Gasteiger partial charge in [-0.1, -0.05) is 0 Å². The maximum atomic E-state index is 15.3. The lowest BCUT2D eigenvalue weighted by molar-refractivity contribution is -0.145. The number of anilines is 1. The summed E-state index contributed by atoms with van der Waals surface area (Å²) in [4.78, 5) is 21.6. The second kappa shape index (κ2) is 8.44. The van der Waals surface area contributed by atoms with Gasteiger partial charge in [-0.2, -0.15) is 13.4 Å². The molecular formula is C20H17F2N5O7S. The van der Waals surface area contributed by atoms with Crippen LogP contribution in [-0.2, 0) is 27.0 Å². The Morgan fingerprint density at radius 2 is 2.03 bits per heavy atom. The van der Waals surface area contributed by atoms with Gasteiger partial charge in [-0.05, 0) is 6.07 Å². The molecule has 2 aromatic heterocycles. The van der Waals surface area contributed by atoms with Crippen LogP contribution in [0.2, 0.25) is 0 Å². The van der Waals surface area contributed by atoms with E-state index in [2.05, 4.69) is 9.97 Å². The number of halogens is 2. The van der Waals surface area contributed by atoms with E-state index in [1.165, 1.54) is 30.8 Å². The Bertz CT molecular complexity index is 1400. The van der Waals surface area contributed by atoms with Crippen LogP contribution in [0.25, 0.3) is 0 Å². The maximum absolute atomic E-state index is 15.3. The summed E-state index contributed by atoms with van der Waals surface area (Å²) in [5.74, 6) is -2.42. The summed E-state index contributed by atoms with van der Waals surface area (Å²) in [7, 11) is -2.90. The van der Waals surface area contributed by atoms with E-state index < -0.39 is 39.3 Å². The van der Waals surface area contributed by atoms with Crippen LogP contribution >= 0.6 is 0 Å². The largest absolute Gasteiger partial charge is 0.417 e. The zero-order valence-corrected chi connectivity index (χ0v) is 18.8. The topological polar surface area (TPSA) is 145 Å². The second-order valence-electron chi connectivity index (χ2n) is 7.60. The standard InChI is InChI=1S/C20H17F2N5O7S/c1-23-35(29,30)26-17-16(22)11(2-3-24-17)8-27-19(28)34-14-7-12(33-18-25-4-5-32-18)6-13(21)15(14)20(27)9-31-10-20/h2-7,23H,8-10H2,1H3,(H,24,26). The average molecular weight is 509 g/mol. The van der Waals surface area contributed by atoms with E-state index in [1.54, 1.807) is 0 Å². The third-order valence-corrected chi connectivity index (χ3v) is 6.52. The predicted molar refractivity (Wildman–Crippen MR) is 113 cm³/mol. The van der Waals surface area contributed by atoms with Gasteiger partial charge in [0.1, 0.15) is 29.1 Å². The van der Waals surface area contributed by atoms with Crippen molar-refractivity contribution in [2.45, 2.75) is 12.1 Å². The van der Waals surface area contributed by atoms with Crippen molar-refractivity contribution in [2.24, 2.45) is 0 Å². The first-order valence-electron chi connectivity index (χ1n) is 10.1. The van der Waals surface area contributed by atoms with Gasteiger partial charge >= 0.3 is 12.2 Å². The first-order chi connectivity index (χ1) is 16.7. The number of hydrogen-bond donors (Lipinski definition) is 2. The average Bonchev–Trinajstić information content (AvgIpc) is 3.28. The highest BCUT2D eigenvalue weighted by Crippen LogP contribution is 2.48. The van der Waals surface area contributed by atoms with Gasteiger partial charge in [-0.15, -0.1) is 0 Å². The lowest BCUT2D eigenvalue weighted by Crippen LogP contribution is -2.64. The lowest BCUT2D eigenvalue weighted by atomic mass is 9.83. The molecule has 2 N–H and O–H groups in total. The summed E-state index contributed by atoms with van der Waals surface area (Å²) >= 11 is 0. The number of oxazole rings is 1. The highest BCUT2D eigenvalue weighted by atomic mass is 32.2. The minimum absolute atomic E-state index is 0.0121. The molecule has 0 saturated carbocycles. The van der Waals surface area contributed by atoms with Crippen LogP contribution in [0.1, 0.15) is 11.1 Å². The van der Waals surface area contributed by atoms with Gasteiger partial charge < -0.3 is 18.6 Å². The smallest absolute Gasteiger partial charge is 0.416 e. The number of carbonyl (C=O) groups is 1. The summed E-state index contributed by atoms with van der Waals surface area (Å²) in [6.45, 7) is -0.520. The number of nitrogens with one attached hydrogen (secondary N) is 2. The third-order valence-electron chi connectivity index (χ3n) is 5.52. The molecule has 1 aromatic carbocycles. The molecule has 12 nitrogen and oxygen atoms in total. The fraction of sp³-hybridized carbons (Fsp3) is 0.250. The monoisotopic (exact) mass is 509 g/mol. The second-order valence-corrected chi connectivity index (χ2v) is 9.22. The normalized spacial score (nSPS) is 16.4. The molecule has 0 bridgehead atoms. The molecule has 4 heterocycles. The minimum Gasteiger partial charge on any atom is -0.417 e. The molecule has 5 rings (SSSR count). The molecule has 2 aliphatic rings. The number of nitrogens with zero attached hydrogens (tertiary/aromatic N) is 3. The van der Waals surface area contributed by atoms with Gasteiger partial charge in [0, 0.05) is 30.9 Å². The number of aromatic nitrogens is 2. The molecule has 0 aliphatic carbocycles. The zero-order valence-electron chi connectivity index (χ0n) is 17.9. The van der Waals surface area contributed by atoms with E-state index in [0.29, 0.717) is 0 Å². The van der Waals surface area contributed by atoms with Crippen LogP contribution in [-0.4, -0.2) is 49.6 Å². The van der Waals surface area contributed by atoms with Crippen LogP contribution in [0.3, 0.4) is 0 Å². The van der Waals surface area contributed by atoms with Crippen molar-refractivity contribution in [3.8, 4) is 17.6 Å². The van der Waals surface area contributed by atoms with E-state index >= 15 is 8.78 Å². The maximum Gasteiger partial charge on any atom is 0.416 e. The van der Waals surface area contributed by atoms with E-state index in [0.717, 1.165) is 18.0 Å². The molecule has 2 aliphatic heterocycles. The number of ether oxygens (including phenoxy) is 3. The third kappa shape index (κ3) is 4.02. The molecule has 1 spiro atoms. The highest BCUT2D eigenvalue weighted by Gasteiger charge is 2.55. The van der Waals surface area contributed by atoms with Gasteiger partial charge in [-0.25, -0.2) is 23.3 Å². The predicted octanol–water partition coefficient (Wildman–Crippen LogP) is 2.26. The number of amides is 1. The van der Waals surface area contributed by atoms with Gasteiger partial charge in [0.2, 0.25) is 0 Å². The quantitative estimate of drug-likeness (QED) is 0.490. The van der Waals surface area contributed by atoms with Crippen molar-refractivity contribution in [2.75, 3.05) is 25.0 Å². The Kier molecular flexibility index (Phi) is 5.53. The SMILES string of the molecule is CNS(=O)(=O)Nc1nccc(CN2C(=O)Oc3cc(Oc4ncco4)cc(F)c3C23COC3)c1F. The van der Waals surface area contributed by atoms with Crippen LogP contribution in [0.4, 0.5) is 19.4 Å². The van der Waals surface area contributed by atoms with Crippen molar-refractivity contribution in [3.63, 3.8) is 0 Å². The zero-order chi connectivity index (χ0) is 24.8. The molecule has 1 saturated heterocycles. The van der Waals surface area contributed by atoms with Crippen molar-refractivity contribution >= 4 is 22.1 Å². The van der Waals surface area contributed by atoms with Crippen molar-refractivity contribution in [1.29, 1.82) is 0 Å². The Morgan fingerprint density at radius 3 is 2.69 bits per heavy atom. The fourth-order valence-electron chi connectivity index (χ4n) is 3.81. The molecule has 1 amide bonds. The number of hydrogen-bond acceptors (Lipinski definition) is 9. The summed E-state index contributed by atoms with van der Waals surface area (Å²) in [6.07, 6.45) is 2.77. The van der Waals surface area contributed by atoms with Crippen molar-refractivity contribution in [3.05, 3.63) is 59.6 Å². The Morgan fingerprint density at radius 1 is 1.23 bits per heavy atom. The molecule has 0 radical (unpaired) electrons.